The molecule has 6 nitrogen and oxygen atoms in total. The van der Waals surface area contributed by atoms with Crippen LogP contribution >= 0.6 is 0 Å². The summed E-state index contributed by atoms with van der Waals surface area (Å²) in [6, 6.07) is 18.7. The molecular formula is C27H40N4O2. The molecular weight excluding hydrogens is 412 g/mol. The van der Waals surface area contributed by atoms with Gasteiger partial charge in [0.05, 0.1) is 7.11 Å². The Hall–Kier alpha value is -2.57. The van der Waals surface area contributed by atoms with Crippen molar-refractivity contribution in [2.75, 3.05) is 45.7 Å². The topological polar surface area (TPSA) is 56.8 Å². The highest BCUT2D eigenvalue weighted by atomic mass is 16.5. The van der Waals surface area contributed by atoms with Gasteiger partial charge in [-0.1, -0.05) is 44.2 Å². The van der Waals surface area contributed by atoms with E-state index in [9.17, 15) is 4.79 Å². The third-order valence-corrected chi connectivity index (χ3v) is 6.68. The highest BCUT2D eigenvalue weighted by molar-refractivity contribution is 5.89. The number of ether oxygens (including phenoxy) is 1. The minimum atomic E-state index is -0.151. The van der Waals surface area contributed by atoms with Crippen LogP contribution < -0.4 is 15.4 Å². The number of carbonyl (C=O) groups excluding carboxylic acids is 1. The highest BCUT2D eigenvalue weighted by Gasteiger charge is 2.28. The maximum atomic E-state index is 12.4. The Bertz CT molecular complexity index is 841. The van der Waals surface area contributed by atoms with Gasteiger partial charge < -0.3 is 15.4 Å². The van der Waals surface area contributed by atoms with Crippen LogP contribution in [0.2, 0.25) is 0 Å². The van der Waals surface area contributed by atoms with Crippen molar-refractivity contribution in [1.29, 1.82) is 0 Å². The maximum Gasteiger partial charge on any atom is 0.319 e. The lowest BCUT2D eigenvalue weighted by molar-refractivity contribution is 0.135. The molecule has 1 fully saturated rings. The van der Waals surface area contributed by atoms with E-state index < -0.39 is 0 Å². The summed E-state index contributed by atoms with van der Waals surface area (Å²) in [7, 11) is 3.90. The fraction of sp³-hybridized carbons (Fsp3) is 0.519. The van der Waals surface area contributed by atoms with E-state index >= 15 is 0 Å². The smallest absolute Gasteiger partial charge is 0.319 e. The van der Waals surface area contributed by atoms with Crippen LogP contribution in [0.4, 0.5) is 10.5 Å². The number of nitrogens with one attached hydrogen (secondary N) is 2. The minimum absolute atomic E-state index is 0.151. The zero-order chi connectivity index (χ0) is 23.6. The molecule has 2 N–H and O–H groups in total. The molecule has 0 radical (unpaired) electrons. The molecule has 2 aromatic carbocycles. The number of urea groups is 1. The number of amides is 2. The monoisotopic (exact) mass is 452 g/mol. The van der Waals surface area contributed by atoms with Gasteiger partial charge in [0, 0.05) is 37.4 Å². The molecule has 1 aliphatic heterocycles. The number of nitrogens with zero attached hydrogens (tertiary/aromatic N) is 2. The Kier molecular flexibility index (Phi) is 9.58. The number of para-hydroxylation sites is 1. The second-order valence-electron chi connectivity index (χ2n) is 9.38. The Morgan fingerprint density at radius 1 is 1.15 bits per heavy atom. The zero-order valence-corrected chi connectivity index (χ0v) is 20.6. The molecule has 1 heterocycles. The Morgan fingerprint density at radius 2 is 1.88 bits per heavy atom. The van der Waals surface area contributed by atoms with Crippen molar-refractivity contribution in [2.24, 2.45) is 5.92 Å². The molecule has 2 atom stereocenters. The summed E-state index contributed by atoms with van der Waals surface area (Å²) in [5.41, 5.74) is 2.16. The number of rotatable bonds is 11. The fourth-order valence-electron chi connectivity index (χ4n) is 4.72. The molecule has 1 aliphatic rings. The molecule has 0 unspecified atom stereocenters. The lowest BCUT2D eigenvalue weighted by Crippen LogP contribution is -2.50. The van der Waals surface area contributed by atoms with Gasteiger partial charge in [-0.2, -0.15) is 0 Å². The molecule has 0 bridgehead atoms. The molecule has 2 amide bonds. The average molecular weight is 453 g/mol. The van der Waals surface area contributed by atoms with Crippen molar-refractivity contribution in [3.05, 3.63) is 60.2 Å². The predicted octanol–water partition coefficient (Wildman–Crippen LogP) is 4.48. The normalized spacial score (nSPS) is 17.3. The standard InChI is InChI=1S/C27H40N4O2/c1-21(2)26(19-28-27(32)29-23-9-6-5-7-10-23)30(3)20-24-11-8-17-31(24)18-16-22-12-14-25(33-4)15-13-22/h5-7,9-10,12-15,21,24,26H,8,11,16-20H2,1-4H3,(H2,28,29,32)/t24-,26-/m0/s1. The van der Waals surface area contributed by atoms with Crippen LogP contribution in [-0.4, -0.2) is 68.3 Å². The summed E-state index contributed by atoms with van der Waals surface area (Å²) in [6.07, 6.45) is 3.55. The van der Waals surface area contributed by atoms with Crippen molar-refractivity contribution in [2.45, 2.75) is 45.2 Å². The molecule has 0 aliphatic carbocycles. The third-order valence-electron chi connectivity index (χ3n) is 6.68. The van der Waals surface area contributed by atoms with Crippen molar-refractivity contribution < 1.29 is 9.53 Å². The van der Waals surface area contributed by atoms with Gasteiger partial charge in [-0.15, -0.1) is 0 Å². The van der Waals surface area contributed by atoms with Crippen LogP contribution in [0.15, 0.2) is 54.6 Å². The molecule has 180 valence electrons. The van der Waals surface area contributed by atoms with E-state index in [1.807, 2.05) is 42.5 Å². The number of likely N-dealkylation sites (N-methyl/N-ethyl adjacent to an activating group) is 1. The number of anilines is 1. The summed E-state index contributed by atoms with van der Waals surface area (Å²) in [5.74, 6) is 1.35. The van der Waals surface area contributed by atoms with Crippen LogP contribution in [0.25, 0.3) is 0 Å². The lowest BCUT2D eigenvalue weighted by Gasteiger charge is -2.35. The van der Waals surface area contributed by atoms with Crippen LogP contribution in [0.5, 0.6) is 5.75 Å². The zero-order valence-electron chi connectivity index (χ0n) is 20.6. The first kappa shape index (κ1) is 25.1. The average Bonchev–Trinajstić information content (AvgIpc) is 3.25. The highest BCUT2D eigenvalue weighted by Crippen LogP contribution is 2.21. The van der Waals surface area contributed by atoms with Crippen molar-refractivity contribution >= 4 is 11.7 Å². The van der Waals surface area contributed by atoms with Gasteiger partial charge in [0.1, 0.15) is 5.75 Å². The second kappa shape index (κ2) is 12.6. The van der Waals surface area contributed by atoms with Gasteiger partial charge in [0.25, 0.3) is 0 Å². The van der Waals surface area contributed by atoms with Crippen LogP contribution in [0, 0.1) is 5.92 Å². The third kappa shape index (κ3) is 7.76. The van der Waals surface area contributed by atoms with E-state index in [1.165, 1.54) is 24.9 Å². The van der Waals surface area contributed by atoms with E-state index in [0.29, 0.717) is 18.5 Å². The van der Waals surface area contributed by atoms with Gasteiger partial charge in [-0.3, -0.25) is 9.80 Å². The molecule has 33 heavy (non-hydrogen) atoms. The van der Waals surface area contributed by atoms with Gasteiger partial charge >= 0.3 is 6.03 Å². The maximum absolute atomic E-state index is 12.4. The Morgan fingerprint density at radius 3 is 2.55 bits per heavy atom. The van der Waals surface area contributed by atoms with Crippen LogP contribution in [0.3, 0.4) is 0 Å². The van der Waals surface area contributed by atoms with Crippen molar-refractivity contribution in [3.8, 4) is 5.75 Å². The number of hydrogen-bond acceptors (Lipinski definition) is 4. The molecule has 0 spiro atoms. The molecule has 3 rings (SSSR count). The Labute approximate surface area is 199 Å². The summed E-state index contributed by atoms with van der Waals surface area (Å²) >= 11 is 0. The first-order valence-electron chi connectivity index (χ1n) is 12.1. The number of hydrogen-bond donors (Lipinski definition) is 2. The largest absolute Gasteiger partial charge is 0.497 e. The SMILES string of the molecule is COc1ccc(CCN2CCC[C@H]2CN(C)[C@@H](CNC(=O)Nc2ccccc2)C(C)C)cc1. The van der Waals surface area contributed by atoms with E-state index in [0.717, 1.165) is 30.9 Å². The Balaban J connectivity index is 1.48. The molecule has 6 heteroatoms. The van der Waals surface area contributed by atoms with E-state index in [4.69, 9.17) is 4.74 Å². The molecule has 0 aromatic heterocycles. The minimum Gasteiger partial charge on any atom is -0.497 e. The van der Waals surface area contributed by atoms with Crippen LogP contribution in [-0.2, 0) is 6.42 Å². The van der Waals surface area contributed by atoms with E-state index in [1.54, 1.807) is 7.11 Å². The molecule has 1 saturated heterocycles. The number of methoxy groups -OCH3 is 1. The van der Waals surface area contributed by atoms with Crippen LogP contribution in [0.1, 0.15) is 32.3 Å². The van der Waals surface area contributed by atoms with Crippen molar-refractivity contribution in [1.82, 2.24) is 15.1 Å². The van der Waals surface area contributed by atoms with Gasteiger partial charge in [0.2, 0.25) is 0 Å². The van der Waals surface area contributed by atoms with E-state index in [2.05, 4.69) is 53.5 Å². The second-order valence-corrected chi connectivity index (χ2v) is 9.38. The predicted molar refractivity (Wildman–Crippen MR) is 136 cm³/mol. The summed E-state index contributed by atoms with van der Waals surface area (Å²) in [6.45, 7) is 8.36. The van der Waals surface area contributed by atoms with Gasteiger partial charge in [-0.25, -0.2) is 4.79 Å². The summed E-state index contributed by atoms with van der Waals surface area (Å²) < 4.78 is 5.27. The number of benzene rings is 2. The quantitative estimate of drug-likeness (QED) is 0.528. The molecule has 0 saturated carbocycles. The summed E-state index contributed by atoms with van der Waals surface area (Å²) in [4.78, 5) is 17.4. The number of carbonyl (C=O) groups is 1. The molecule has 2 aromatic rings. The van der Waals surface area contributed by atoms with Crippen molar-refractivity contribution in [3.63, 3.8) is 0 Å². The van der Waals surface area contributed by atoms with E-state index in [-0.39, 0.29) is 12.1 Å². The summed E-state index contributed by atoms with van der Waals surface area (Å²) in [5, 5.41) is 5.98. The fourth-order valence-corrected chi connectivity index (χ4v) is 4.72. The lowest BCUT2D eigenvalue weighted by atomic mass is 10.0. The number of likely N-dealkylation sites (tertiary alicyclic amines) is 1. The van der Waals surface area contributed by atoms with Gasteiger partial charge in [0.15, 0.2) is 0 Å². The first-order chi connectivity index (χ1) is 16.0. The first-order valence-corrected chi connectivity index (χ1v) is 12.1. The van der Waals surface area contributed by atoms with Gasteiger partial charge in [-0.05, 0) is 68.6 Å².